The molecule has 0 bridgehead atoms. The molecule has 1 aromatic heterocycles. The zero-order valence-electron chi connectivity index (χ0n) is 12.3. The molecule has 0 unspecified atom stereocenters. The lowest BCUT2D eigenvalue weighted by atomic mass is 10.1. The second-order valence-electron chi connectivity index (χ2n) is 4.99. The molecule has 0 saturated carbocycles. The predicted molar refractivity (Wildman–Crippen MR) is 95.2 cm³/mol. The summed E-state index contributed by atoms with van der Waals surface area (Å²) in [5.41, 5.74) is 0.311. The minimum Gasteiger partial charge on any atom is -0.483 e. The highest BCUT2D eigenvalue weighted by Gasteiger charge is 2.08. The first kappa shape index (κ1) is 16.4. The van der Waals surface area contributed by atoms with Crippen LogP contribution in [0.1, 0.15) is 0 Å². The fourth-order valence-corrected chi connectivity index (χ4v) is 2.53. The maximum atomic E-state index is 12.0. The Kier molecular flexibility index (Phi) is 4.74. The van der Waals surface area contributed by atoms with Gasteiger partial charge >= 0.3 is 0 Å². The van der Waals surface area contributed by atoms with Crippen molar-refractivity contribution in [2.75, 3.05) is 11.9 Å². The Morgan fingerprint density at radius 3 is 2.71 bits per heavy atom. The molecule has 7 heteroatoms. The molecule has 0 aliphatic heterocycles. The summed E-state index contributed by atoms with van der Waals surface area (Å²) < 4.78 is 5.54. The zero-order valence-corrected chi connectivity index (χ0v) is 13.8. The largest absolute Gasteiger partial charge is 0.483 e. The van der Waals surface area contributed by atoms with Crippen molar-refractivity contribution >= 4 is 45.6 Å². The highest BCUT2D eigenvalue weighted by Crippen LogP contribution is 2.25. The lowest BCUT2D eigenvalue weighted by Crippen LogP contribution is -2.20. The van der Waals surface area contributed by atoms with Gasteiger partial charge in [0.2, 0.25) is 0 Å². The van der Waals surface area contributed by atoms with E-state index in [-0.39, 0.29) is 18.1 Å². The summed E-state index contributed by atoms with van der Waals surface area (Å²) in [6.07, 6.45) is 1.54. The minimum absolute atomic E-state index is 0.202. The SMILES string of the molecule is O=C(COc1cccc2c(=O)[nH]ccc12)Nc1ccc(Cl)c(Cl)c1. The van der Waals surface area contributed by atoms with Crippen molar-refractivity contribution in [3.05, 3.63) is 69.1 Å². The normalized spacial score (nSPS) is 10.6. The molecule has 5 nitrogen and oxygen atoms in total. The molecule has 0 atom stereocenters. The average Bonchev–Trinajstić information content (AvgIpc) is 2.57. The van der Waals surface area contributed by atoms with Crippen LogP contribution in [-0.4, -0.2) is 17.5 Å². The van der Waals surface area contributed by atoms with Gasteiger partial charge in [-0.05, 0) is 36.4 Å². The van der Waals surface area contributed by atoms with Crippen molar-refractivity contribution in [3.8, 4) is 5.75 Å². The van der Waals surface area contributed by atoms with Crippen LogP contribution in [0.2, 0.25) is 10.0 Å². The van der Waals surface area contributed by atoms with E-state index in [0.717, 1.165) is 0 Å². The smallest absolute Gasteiger partial charge is 0.262 e. The Morgan fingerprint density at radius 2 is 1.92 bits per heavy atom. The molecule has 1 amide bonds. The number of nitrogens with one attached hydrogen (secondary N) is 2. The highest BCUT2D eigenvalue weighted by atomic mass is 35.5. The lowest BCUT2D eigenvalue weighted by Gasteiger charge is -2.10. The Hall–Kier alpha value is -2.50. The zero-order chi connectivity index (χ0) is 17.1. The van der Waals surface area contributed by atoms with Gasteiger partial charge in [0, 0.05) is 17.3 Å². The third-order valence-corrected chi connectivity index (χ3v) is 4.08. The highest BCUT2D eigenvalue weighted by molar-refractivity contribution is 6.42. The minimum atomic E-state index is -0.352. The van der Waals surface area contributed by atoms with Crippen molar-refractivity contribution in [2.45, 2.75) is 0 Å². The number of rotatable bonds is 4. The lowest BCUT2D eigenvalue weighted by molar-refractivity contribution is -0.118. The molecule has 0 radical (unpaired) electrons. The molecular weight excluding hydrogens is 351 g/mol. The molecule has 1 heterocycles. The number of anilines is 1. The fraction of sp³-hybridized carbons (Fsp3) is 0.0588. The second-order valence-corrected chi connectivity index (χ2v) is 5.80. The number of aromatic nitrogens is 1. The van der Waals surface area contributed by atoms with Crippen LogP contribution in [0.4, 0.5) is 5.69 Å². The van der Waals surface area contributed by atoms with E-state index in [2.05, 4.69) is 10.3 Å². The summed E-state index contributed by atoms with van der Waals surface area (Å²) in [7, 11) is 0. The maximum absolute atomic E-state index is 12.0. The Morgan fingerprint density at radius 1 is 1.08 bits per heavy atom. The average molecular weight is 363 g/mol. The number of amides is 1. The topological polar surface area (TPSA) is 71.2 Å². The van der Waals surface area contributed by atoms with Gasteiger partial charge in [-0.15, -0.1) is 0 Å². The van der Waals surface area contributed by atoms with Crippen molar-refractivity contribution in [3.63, 3.8) is 0 Å². The van der Waals surface area contributed by atoms with Crippen LogP contribution in [-0.2, 0) is 4.79 Å². The van der Waals surface area contributed by atoms with E-state index in [1.54, 1.807) is 42.5 Å². The van der Waals surface area contributed by atoms with Crippen LogP contribution in [0.5, 0.6) is 5.75 Å². The predicted octanol–water partition coefficient (Wildman–Crippen LogP) is 3.85. The number of hydrogen-bond donors (Lipinski definition) is 2. The van der Waals surface area contributed by atoms with E-state index < -0.39 is 0 Å². The third kappa shape index (κ3) is 3.53. The number of benzene rings is 2. The van der Waals surface area contributed by atoms with E-state index in [4.69, 9.17) is 27.9 Å². The number of pyridine rings is 1. The summed E-state index contributed by atoms with van der Waals surface area (Å²) in [6.45, 7) is -0.202. The van der Waals surface area contributed by atoms with Gasteiger partial charge < -0.3 is 15.0 Å². The molecule has 0 aliphatic rings. The van der Waals surface area contributed by atoms with Gasteiger partial charge in [-0.3, -0.25) is 9.59 Å². The summed E-state index contributed by atoms with van der Waals surface area (Å²) in [5, 5.41) is 4.57. The van der Waals surface area contributed by atoms with Crippen LogP contribution < -0.4 is 15.6 Å². The number of aromatic amines is 1. The van der Waals surface area contributed by atoms with E-state index in [9.17, 15) is 9.59 Å². The standard InChI is InChI=1S/C17H12Cl2N2O3/c18-13-5-4-10(8-14(13)19)21-16(22)9-24-15-3-1-2-12-11(15)6-7-20-17(12)23/h1-8H,9H2,(H,20,23)(H,21,22). The van der Waals surface area contributed by atoms with Crippen LogP contribution >= 0.6 is 23.2 Å². The van der Waals surface area contributed by atoms with E-state index in [1.165, 1.54) is 6.20 Å². The molecule has 3 rings (SSSR count). The molecule has 3 aromatic rings. The van der Waals surface area contributed by atoms with Gasteiger partial charge in [-0.1, -0.05) is 29.3 Å². The van der Waals surface area contributed by atoms with Gasteiger partial charge in [0.15, 0.2) is 6.61 Å². The summed E-state index contributed by atoms with van der Waals surface area (Å²) >= 11 is 11.7. The van der Waals surface area contributed by atoms with E-state index in [1.807, 2.05) is 0 Å². The first-order valence-corrected chi connectivity index (χ1v) is 7.78. The van der Waals surface area contributed by atoms with Crippen molar-refractivity contribution in [1.29, 1.82) is 0 Å². The third-order valence-electron chi connectivity index (χ3n) is 3.34. The van der Waals surface area contributed by atoms with Crippen LogP contribution in [0.15, 0.2) is 53.5 Å². The van der Waals surface area contributed by atoms with Crippen LogP contribution in [0.3, 0.4) is 0 Å². The van der Waals surface area contributed by atoms with E-state index in [0.29, 0.717) is 32.3 Å². The summed E-state index contributed by atoms with van der Waals surface area (Å²) in [4.78, 5) is 26.4. The Labute approximate surface area is 147 Å². The number of fused-ring (bicyclic) bond motifs is 1. The second kappa shape index (κ2) is 6.95. The van der Waals surface area contributed by atoms with Gasteiger partial charge in [0.25, 0.3) is 11.5 Å². The first-order chi connectivity index (χ1) is 11.5. The van der Waals surface area contributed by atoms with Gasteiger partial charge in [-0.2, -0.15) is 0 Å². The summed E-state index contributed by atoms with van der Waals surface area (Å²) in [5.74, 6) is 0.109. The summed E-state index contributed by atoms with van der Waals surface area (Å²) in [6, 6.07) is 11.6. The van der Waals surface area contributed by atoms with Crippen molar-refractivity contribution in [2.24, 2.45) is 0 Å². The maximum Gasteiger partial charge on any atom is 0.262 e. The molecule has 2 N–H and O–H groups in total. The molecule has 0 spiro atoms. The van der Waals surface area contributed by atoms with Crippen LogP contribution in [0, 0.1) is 0 Å². The monoisotopic (exact) mass is 362 g/mol. The number of H-pyrrole nitrogens is 1. The van der Waals surface area contributed by atoms with Crippen molar-refractivity contribution < 1.29 is 9.53 Å². The number of halogens is 2. The molecule has 122 valence electrons. The first-order valence-electron chi connectivity index (χ1n) is 7.03. The van der Waals surface area contributed by atoms with Gasteiger partial charge in [0.1, 0.15) is 5.75 Å². The number of hydrogen-bond acceptors (Lipinski definition) is 3. The molecule has 0 aliphatic carbocycles. The quantitative estimate of drug-likeness (QED) is 0.740. The Bertz CT molecular complexity index is 969. The Balaban J connectivity index is 1.71. The van der Waals surface area contributed by atoms with Gasteiger partial charge in [0.05, 0.1) is 15.4 Å². The van der Waals surface area contributed by atoms with Crippen molar-refractivity contribution in [1.82, 2.24) is 4.98 Å². The molecule has 2 aromatic carbocycles. The molecule has 0 fully saturated rings. The number of carbonyl (C=O) groups excluding carboxylic acids is 1. The van der Waals surface area contributed by atoms with E-state index >= 15 is 0 Å². The van der Waals surface area contributed by atoms with Gasteiger partial charge in [-0.25, -0.2) is 0 Å². The number of carbonyl (C=O) groups is 1. The molecular formula is C17H12Cl2N2O3. The molecule has 24 heavy (non-hydrogen) atoms. The van der Waals surface area contributed by atoms with Crippen LogP contribution in [0.25, 0.3) is 10.8 Å². The fourth-order valence-electron chi connectivity index (χ4n) is 2.23. The molecule has 0 saturated heterocycles. The number of ether oxygens (including phenoxy) is 1.